The number of hydroxylamine groups is 1. The van der Waals surface area contributed by atoms with E-state index in [0.29, 0.717) is 15.9 Å². The molecule has 32 heavy (non-hydrogen) atoms. The Morgan fingerprint density at radius 1 is 0.969 bits per heavy atom. The number of para-hydroxylation sites is 2. The maximum atomic E-state index is 14.4. The fourth-order valence-corrected chi connectivity index (χ4v) is 4.85. The number of halogens is 2. The first-order valence-electron chi connectivity index (χ1n) is 9.98. The molecule has 2 heterocycles. The number of carbonyl (C=O) groups is 2. The van der Waals surface area contributed by atoms with E-state index >= 15 is 0 Å². The first-order valence-corrected chi connectivity index (χ1v) is 10.8. The summed E-state index contributed by atoms with van der Waals surface area (Å²) >= 11 is 3.49. The van der Waals surface area contributed by atoms with Crippen LogP contribution in [0.2, 0.25) is 0 Å². The predicted octanol–water partition coefficient (Wildman–Crippen LogP) is 4.65. The van der Waals surface area contributed by atoms with E-state index in [0.717, 1.165) is 10.5 Å². The lowest BCUT2D eigenvalue weighted by atomic mass is 9.90. The van der Waals surface area contributed by atoms with Crippen molar-refractivity contribution in [1.29, 1.82) is 0 Å². The summed E-state index contributed by atoms with van der Waals surface area (Å²) in [5.74, 6) is -1.93. The van der Waals surface area contributed by atoms with Crippen molar-refractivity contribution < 1.29 is 23.6 Å². The van der Waals surface area contributed by atoms with Crippen molar-refractivity contribution in [1.82, 2.24) is 0 Å². The van der Waals surface area contributed by atoms with Gasteiger partial charge < -0.3 is 4.74 Å². The first kappa shape index (κ1) is 20.7. The number of carbonyl (C=O) groups excluding carboxylic acids is 2. The highest BCUT2D eigenvalue weighted by Crippen LogP contribution is 2.48. The minimum Gasteiger partial charge on any atom is -0.496 e. The van der Waals surface area contributed by atoms with Crippen molar-refractivity contribution >= 4 is 39.1 Å². The fraction of sp³-hybridized carbons (Fsp3) is 0.167. The minimum absolute atomic E-state index is 0.0681. The van der Waals surface area contributed by atoms with Gasteiger partial charge >= 0.3 is 0 Å². The lowest BCUT2D eigenvalue weighted by Gasteiger charge is -2.29. The summed E-state index contributed by atoms with van der Waals surface area (Å²) in [5.41, 5.74) is 1.39. The normalized spacial score (nSPS) is 22.4. The number of amides is 2. The van der Waals surface area contributed by atoms with Crippen molar-refractivity contribution in [3.05, 3.63) is 88.6 Å². The third-order valence-corrected chi connectivity index (χ3v) is 6.36. The van der Waals surface area contributed by atoms with Crippen LogP contribution in [0.3, 0.4) is 0 Å². The molecule has 0 N–H and O–H groups in total. The number of benzene rings is 3. The monoisotopic (exact) mass is 496 g/mol. The lowest BCUT2D eigenvalue weighted by molar-refractivity contribution is -0.126. The molecule has 0 bridgehead atoms. The Balaban J connectivity index is 1.61. The Morgan fingerprint density at radius 3 is 2.38 bits per heavy atom. The molecule has 0 unspecified atom stereocenters. The number of hydrogen-bond donors (Lipinski definition) is 0. The van der Waals surface area contributed by atoms with Gasteiger partial charge in [0.2, 0.25) is 5.91 Å². The van der Waals surface area contributed by atoms with Gasteiger partial charge in [-0.2, -0.15) is 0 Å². The number of hydrogen-bond acceptors (Lipinski definition) is 5. The molecule has 6 nitrogen and oxygen atoms in total. The molecule has 162 valence electrons. The highest BCUT2D eigenvalue weighted by Gasteiger charge is 2.60. The number of fused-ring (bicyclic) bond motifs is 1. The lowest BCUT2D eigenvalue weighted by Crippen LogP contribution is -2.37. The van der Waals surface area contributed by atoms with Crippen LogP contribution >= 0.6 is 15.9 Å². The second-order valence-electron chi connectivity index (χ2n) is 7.52. The Hall–Kier alpha value is -3.23. The van der Waals surface area contributed by atoms with Gasteiger partial charge in [0.15, 0.2) is 6.10 Å². The van der Waals surface area contributed by atoms with Crippen LogP contribution in [0, 0.1) is 11.7 Å². The Labute approximate surface area is 192 Å². The third kappa shape index (κ3) is 3.18. The van der Waals surface area contributed by atoms with Gasteiger partial charge in [0.25, 0.3) is 5.91 Å². The molecule has 3 atom stereocenters. The summed E-state index contributed by atoms with van der Waals surface area (Å²) < 4.78 is 20.5. The standard InChI is InChI=1S/C24H18BrFN2O4/c1-31-19-12-11-14(13-16(19)25)21-20-22(32-28(21)15-7-3-2-4-8-15)24(30)27(23(20)29)18-10-6-5-9-17(18)26/h2-13,20-22H,1H3/t20-,21+,22-/m0/s1. The summed E-state index contributed by atoms with van der Waals surface area (Å²) in [6.07, 6.45) is -1.06. The second-order valence-corrected chi connectivity index (χ2v) is 8.37. The molecule has 3 aromatic carbocycles. The molecule has 2 amide bonds. The van der Waals surface area contributed by atoms with Crippen LogP contribution in [0.25, 0.3) is 0 Å². The summed E-state index contributed by atoms with van der Waals surface area (Å²) in [6, 6.07) is 19.9. The van der Waals surface area contributed by atoms with Crippen LogP contribution in [-0.2, 0) is 14.4 Å². The molecule has 2 aliphatic heterocycles. The van der Waals surface area contributed by atoms with Crippen LogP contribution in [0.15, 0.2) is 77.3 Å². The van der Waals surface area contributed by atoms with Crippen LogP contribution in [0.1, 0.15) is 11.6 Å². The minimum atomic E-state index is -1.06. The number of anilines is 2. The van der Waals surface area contributed by atoms with Crippen molar-refractivity contribution in [3.63, 3.8) is 0 Å². The first-order chi connectivity index (χ1) is 15.5. The molecule has 8 heteroatoms. The molecular weight excluding hydrogens is 479 g/mol. The number of methoxy groups -OCH3 is 1. The molecule has 3 aromatic rings. The molecule has 0 saturated carbocycles. The van der Waals surface area contributed by atoms with Gasteiger partial charge in [0.05, 0.1) is 29.0 Å². The van der Waals surface area contributed by atoms with E-state index in [-0.39, 0.29) is 5.69 Å². The average Bonchev–Trinajstić information content (AvgIpc) is 3.31. The fourth-order valence-electron chi connectivity index (χ4n) is 4.29. The van der Waals surface area contributed by atoms with Gasteiger partial charge in [-0.1, -0.05) is 36.4 Å². The third-order valence-electron chi connectivity index (χ3n) is 5.74. The Bertz CT molecular complexity index is 1210. The molecule has 2 saturated heterocycles. The summed E-state index contributed by atoms with van der Waals surface area (Å²) in [7, 11) is 1.57. The Kier molecular flexibility index (Phi) is 5.19. The van der Waals surface area contributed by atoms with E-state index in [1.807, 2.05) is 42.5 Å². The maximum Gasteiger partial charge on any atom is 0.266 e. The number of ether oxygens (including phenoxy) is 1. The van der Waals surface area contributed by atoms with Gasteiger partial charge in [0, 0.05) is 0 Å². The van der Waals surface area contributed by atoms with Crippen molar-refractivity contribution in [2.45, 2.75) is 12.1 Å². The van der Waals surface area contributed by atoms with Crippen LogP contribution < -0.4 is 14.7 Å². The quantitative estimate of drug-likeness (QED) is 0.492. The van der Waals surface area contributed by atoms with Gasteiger partial charge in [-0.25, -0.2) is 14.4 Å². The van der Waals surface area contributed by atoms with E-state index in [1.165, 1.54) is 18.2 Å². The zero-order chi connectivity index (χ0) is 22.4. The summed E-state index contributed by atoms with van der Waals surface area (Å²) in [6.45, 7) is 0. The highest BCUT2D eigenvalue weighted by atomic mass is 79.9. The average molecular weight is 497 g/mol. The molecule has 0 radical (unpaired) electrons. The highest BCUT2D eigenvalue weighted by molar-refractivity contribution is 9.10. The van der Waals surface area contributed by atoms with Gasteiger partial charge in [-0.3, -0.25) is 14.4 Å². The van der Waals surface area contributed by atoms with Crippen molar-refractivity contribution in [3.8, 4) is 5.75 Å². The van der Waals surface area contributed by atoms with Crippen LogP contribution in [0.4, 0.5) is 15.8 Å². The molecule has 2 fully saturated rings. The number of imide groups is 1. The van der Waals surface area contributed by atoms with Gasteiger partial charge in [-0.05, 0) is 57.9 Å². The topological polar surface area (TPSA) is 59.1 Å². The van der Waals surface area contributed by atoms with E-state index in [2.05, 4.69) is 15.9 Å². The van der Waals surface area contributed by atoms with Crippen molar-refractivity contribution in [2.75, 3.05) is 17.1 Å². The van der Waals surface area contributed by atoms with E-state index < -0.39 is 35.7 Å². The van der Waals surface area contributed by atoms with Gasteiger partial charge in [-0.15, -0.1) is 0 Å². The van der Waals surface area contributed by atoms with E-state index in [4.69, 9.17) is 9.57 Å². The molecule has 0 spiro atoms. The van der Waals surface area contributed by atoms with Crippen LogP contribution in [-0.4, -0.2) is 25.0 Å². The molecular formula is C24H18BrFN2O4. The molecule has 0 aromatic heterocycles. The Morgan fingerprint density at radius 2 is 1.69 bits per heavy atom. The van der Waals surface area contributed by atoms with E-state index in [9.17, 15) is 14.0 Å². The van der Waals surface area contributed by atoms with Gasteiger partial charge in [0.1, 0.15) is 17.5 Å². The number of nitrogens with zero attached hydrogens (tertiary/aromatic N) is 2. The smallest absolute Gasteiger partial charge is 0.266 e. The summed E-state index contributed by atoms with van der Waals surface area (Å²) in [4.78, 5) is 33.7. The molecule has 0 aliphatic carbocycles. The second kappa shape index (κ2) is 8.03. The zero-order valence-electron chi connectivity index (χ0n) is 16.9. The number of rotatable bonds is 4. The zero-order valence-corrected chi connectivity index (χ0v) is 18.5. The molecule has 5 rings (SSSR count). The summed E-state index contributed by atoms with van der Waals surface area (Å²) in [5, 5.41) is 1.60. The van der Waals surface area contributed by atoms with Crippen molar-refractivity contribution in [2.24, 2.45) is 5.92 Å². The van der Waals surface area contributed by atoms with Crippen LogP contribution in [0.5, 0.6) is 5.75 Å². The van der Waals surface area contributed by atoms with E-state index in [1.54, 1.807) is 24.3 Å². The maximum absolute atomic E-state index is 14.4. The molecule has 2 aliphatic rings. The largest absolute Gasteiger partial charge is 0.496 e. The predicted molar refractivity (Wildman–Crippen MR) is 120 cm³/mol. The SMILES string of the molecule is COc1ccc([C@@H]2[C@@H]3C(=O)N(c4ccccc4F)C(=O)[C@H]3ON2c2ccccc2)cc1Br.